The van der Waals surface area contributed by atoms with Gasteiger partial charge in [-0.05, 0) is 36.6 Å². The molecular weight excluding hydrogens is 384 g/mol. The normalized spacial score (nSPS) is 16.7. The summed E-state index contributed by atoms with van der Waals surface area (Å²) in [6, 6.07) is 3.78. The Morgan fingerprint density at radius 1 is 1.21 bits per heavy atom. The van der Waals surface area contributed by atoms with Gasteiger partial charge in [-0.1, -0.05) is 17.7 Å². The van der Waals surface area contributed by atoms with Crippen molar-refractivity contribution in [2.45, 2.75) is 25.1 Å². The SMILES string of the molecule is C=CCC[C@@H](c1cc(Cl)cc(C(F)(F)F)c1)N1CCNCC1.Cl.Cl. The summed E-state index contributed by atoms with van der Waals surface area (Å²) in [6.45, 7) is 7.03. The molecule has 1 saturated heterocycles. The third-order valence-corrected chi connectivity index (χ3v) is 4.09. The van der Waals surface area contributed by atoms with E-state index in [0.717, 1.165) is 45.1 Å². The summed E-state index contributed by atoms with van der Waals surface area (Å²) in [6.07, 6.45) is -1.10. The molecular formula is C16H22Cl3F3N2. The van der Waals surface area contributed by atoms with Gasteiger partial charge in [-0.25, -0.2) is 0 Å². The van der Waals surface area contributed by atoms with Gasteiger partial charge < -0.3 is 5.32 Å². The summed E-state index contributed by atoms with van der Waals surface area (Å²) in [7, 11) is 0. The molecule has 0 aromatic heterocycles. The van der Waals surface area contributed by atoms with E-state index < -0.39 is 11.7 Å². The Balaban J connectivity index is 0.00000264. The molecule has 1 heterocycles. The largest absolute Gasteiger partial charge is 0.416 e. The van der Waals surface area contributed by atoms with Gasteiger partial charge in [0.15, 0.2) is 0 Å². The van der Waals surface area contributed by atoms with Crippen LogP contribution in [0.4, 0.5) is 13.2 Å². The maximum Gasteiger partial charge on any atom is 0.416 e. The van der Waals surface area contributed by atoms with Gasteiger partial charge in [-0.3, -0.25) is 4.90 Å². The van der Waals surface area contributed by atoms with E-state index in [2.05, 4.69) is 16.8 Å². The van der Waals surface area contributed by atoms with E-state index in [4.69, 9.17) is 11.6 Å². The minimum atomic E-state index is -4.38. The highest BCUT2D eigenvalue weighted by molar-refractivity contribution is 6.30. The van der Waals surface area contributed by atoms with Crippen LogP contribution in [-0.4, -0.2) is 31.1 Å². The lowest BCUT2D eigenvalue weighted by Gasteiger charge is -2.35. The molecule has 1 atom stereocenters. The van der Waals surface area contributed by atoms with E-state index in [-0.39, 0.29) is 35.9 Å². The lowest BCUT2D eigenvalue weighted by molar-refractivity contribution is -0.137. The molecule has 2 nitrogen and oxygen atoms in total. The molecule has 0 spiro atoms. The van der Waals surface area contributed by atoms with Crippen molar-refractivity contribution < 1.29 is 13.2 Å². The zero-order valence-corrected chi connectivity index (χ0v) is 15.5. The average Bonchev–Trinajstić information content (AvgIpc) is 2.47. The van der Waals surface area contributed by atoms with Crippen LogP contribution < -0.4 is 5.32 Å². The van der Waals surface area contributed by atoms with Gasteiger partial charge >= 0.3 is 6.18 Å². The van der Waals surface area contributed by atoms with Crippen molar-refractivity contribution in [1.29, 1.82) is 0 Å². The summed E-state index contributed by atoms with van der Waals surface area (Å²) in [5, 5.41) is 3.38. The van der Waals surface area contributed by atoms with Crippen molar-refractivity contribution in [3.8, 4) is 0 Å². The van der Waals surface area contributed by atoms with Gasteiger partial charge in [0.05, 0.1) is 5.56 Å². The highest BCUT2D eigenvalue weighted by Gasteiger charge is 2.32. The standard InChI is InChI=1S/C16H20ClF3N2.2ClH/c1-2-3-4-15(22-7-5-21-6-8-22)12-9-13(16(18,19)20)11-14(17)10-12;;/h2,9-11,15,21H,1,3-8H2;2*1H/t15-;;/m0../s1. The van der Waals surface area contributed by atoms with Gasteiger partial charge in [0.1, 0.15) is 0 Å². The molecule has 1 aromatic rings. The van der Waals surface area contributed by atoms with E-state index in [0.29, 0.717) is 5.56 Å². The van der Waals surface area contributed by atoms with Crippen molar-refractivity contribution in [2.24, 2.45) is 0 Å². The third-order valence-electron chi connectivity index (χ3n) is 3.87. The lowest BCUT2D eigenvalue weighted by atomic mass is 9.97. The van der Waals surface area contributed by atoms with Crippen molar-refractivity contribution in [3.05, 3.63) is 47.0 Å². The Labute approximate surface area is 158 Å². The number of alkyl halides is 3. The van der Waals surface area contributed by atoms with E-state index in [1.807, 2.05) is 0 Å². The number of rotatable bonds is 5. The van der Waals surface area contributed by atoms with Gasteiger partial charge in [0.25, 0.3) is 0 Å². The van der Waals surface area contributed by atoms with Crippen LogP contribution in [0.5, 0.6) is 0 Å². The van der Waals surface area contributed by atoms with Gasteiger partial charge in [0.2, 0.25) is 0 Å². The zero-order valence-electron chi connectivity index (χ0n) is 13.1. The van der Waals surface area contributed by atoms with Crippen LogP contribution in [-0.2, 0) is 6.18 Å². The highest BCUT2D eigenvalue weighted by Crippen LogP contribution is 2.35. The first-order valence-electron chi connectivity index (χ1n) is 7.35. The molecule has 0 unspecified atom stereocenters. The van der Waals surface area contributed by atoms with Crippen LogP contribution in [0.3, 0.4) is 0 Å². The van der Waals surface area contributed by atoms with Crippen LogP contribution in [0, 0.1) is 0 Å². The number of allylic oxidation sites excluding steroid dienone is 1. The molecule has 1 N–H and O–H groups in total. The molecule has 1 aromatic carbocycles. The van der Waals surface area contributed by atoms with Gasteiger partial charge in [-0.2, -0.15) is 13.2 Å². The monoisotopic (exact) mass is 404 g/mol. The topological polar surface area (TPSA) is 15.3 Å². The molecule has 8 heteroatoms. The molecule has 24 heavy (non-hydrogen) atoms. The first-order chi connectivity index (χ1) is 10.4. The van der Waals surface area contributed by atoms with Crippen LogP contribution >= 0.6 is 36.4 Å². The summed E-state index contributed by atoms with van der Waals surface area (Å²) in [4.78, 5) is 2.21. The number of hydrogen-bond donors (Lipinski definition) is 1. The third kappa shape index (κ3) is 6.45. The second-order valence-electron chi connectivity index (χ2n) is 5.44. The van der Waals surface area contributed by atoms with Crippen molar-refractivity contribution in [3.63, 3.8) is 0 Å². The maximum absolute atomic E-state index is 13.0. The zero-order chi connectivity index (χ0) is 16.2. The second kappa shape index (κ2) is 10.5. The molecule has 1 aliphatic rings. The fraction of sp³-hybridized carbons (Fsp3) is 0.500. The van der Waals surface area contributed by atoms with E-state index in [9.17, 15) is 13.2 Å². The summed E-state index contributed by atoms with van der Waals surface area (Å²) in [5.74, 6) is 0. The minimum Gasteiger partial charge on any atom is -0.314 e. The molecule has 2 rings (SSSR count). The van der Waals surface area contributed by atoms with Gasteiger partial charge in [0, 0.05) is 37.2 Å². The molecule has 0 aliphatic carbocycles. The highest BCUT2D eigenvalue weighted by atomic mass is 35.5. The summed E-state index contributed by atoms with van der Waals surface area (Å²) >= 11 is 5.92. The summed E-state index contributed by atoms with van der Waals surface area (Å²) < 4.78 is 39.0. The first kappa shape index (κ1) is 23.5. The number of halogens is 6. The number of benzene rings is 1. The average molecular weight is 406 g/mol. The summed E-state index contributed by atoms with van der Waals surface area (Å²) in [5.41, 5.74) is -0.0580. The molecule has 1 aliphatic heterocycles. The Bertz CT molecular complexity index is 518. The second-order valence-corrected chi connectivity index (χ2v) is 5.88. The van der Waals surface area contributed by atoms with Crippen molar-refractivity contribution in [2.75, 3.05) is 26.2 Å². The predicted molar refractivity (Wildman–Crippen MR) is 97.6 cm³/mol. The molecule has 0 amide bonds. The van der Waals surface area contributed by atoms with Gasteiger partial charge in [-0.15, -0.1) is 31.4 Å². The fourth-order valence-corrected chi connectivity index (χ4v) is 3.04. The Morgan fingerprint density at radius 2 is 1.83 bits per heavy atom. The van der Waals surface area contributed by atoms with Crippen LogP contribution in [0.1, 0.15) is 30.0 Å². The smallest absolute Gasteiger partial charge is 0.314 e. The molecule has 0 saturated carbocycles. The maximum atomic E-state index is 13.0. The molecule has 0 bridgehead atoms. The first-order valence-corrected chi connectivity index (χ1v) is 7.73. The molecule has 138 valence electrons. The van der Waals surface area contributed by atoms with Crippen LogP contribution in [0.25, 0.3) is 0 Å². The number of nitrogens with one attached hydrogen (secondary N) is 1. The van der Waals surface area contributed by atoms with E-state index in [1.165, 1.54) is 6.07 Å². The van der Waals surface area contributed by atoms with E-state index in [1.54, 1.807) is 12.1 Å². The van der Waals surface area contributed by atoms with Crippen molar-refractivity contribution in [1.82, 2.24) is 10.2 Å². The fourth-order valence-electron chi connectivity index (χ4n) is 2.80. The number of hydrogen-bond acceptors (Lipinski definition) is 2. The van der Waals surface area contributed by atoms with Crippen LogP contribution in [0.2, 0.25) is 5.02 Å². The van der Waals surface area contributed by atoms with E-state index >= 15 is 0 Å². The Kier molecular flexibility index (Phi) is 10.3. The Hall–Kier alpha value is -0.460. The number of nitrogens with zero attached hydrogens (tertiary/aromatic N) is 1. The molecule has 0 radical (unpaired) electrons. The number of piperazine rings is 1. The quantitative estimate of drug-likeness (QED) is 0.684. The Morgan fingerprint density at radius 3 is 2.38 bits per heavy atom. The predicted octanol–water partition coefficient (Wildman–Crippen LogP) is 5.11. The lowest BCUT2D eigenvalue weighted by Crippen LogP contribution is -2.45. The molecule has 1 fully saturated rings. The van der Waals surface area contributed by atoms with Crippen LogP contribution in [0.15, 0.2) is 30.9 Å². The minimum absolute atomic E-state index is 0. The van der Waals surface area contributed by atoms with Crippen molar-refractivity contribution >= 4 is 36.4 Å².